The first-order valence-corrected chi connectivity index (χ1v) is 12.4. The van der Waals surface area contributed by atoms with Crippen LogP contribution in [0.15, 0.2) is 47.4 Å². The molecule has 4 atom stereocenters. The molecule has 2 aliphatic rings. The molecule has 2 bridgehead atoms. The van der Waals surface area contributed by atoms with E-state index in [0.717, 1.165) is 12.3 Å². The Kier molecular flexibility index (Phi) is 6.02. The summed E-state index contributed by atoms with van der Waals surface area (Å²) >= 11 is 12.0. The van der Waals surface area contributed by atoms with Crippen LogP contribution in [-0.4, -0.2) is 20.4 Å². The number of anilines is 1. The van der Waals surface area contributed by atoms with Gasteiger partial charge in [0.25, 0.3) is 15.9 Å². The summed E-state index contributed by atoms with van der Waals surface area (Å²) in [5.74, 6) is 1.69. The van der Waals surface area contributed by atoms with Crippen molar-refractivity contribution in [3.63, 3.8) is 0 Å². The molecular weight excluding hydrogens is 443 g/mol. The van der Waals surface area contributed by atoms with Crippen molar-refractivity contribution in [1.82, 2.24) is 5.32 Å². The number of sulfonamides is 1. The second-order valence-electron chi connectivity index (χ2n) is 8.36. The molecule has 30 heavy (non-hydrogen) atoms. The smallest absolute Gasteiger partial charge is 0.263 e. The van der Waals surface area contributed by atoms with E-state index in [1.54, 1.807) is 30.3 Å². The normalized spacial score (nSPS) is 23.9. The Bertz CT molecular complexity index is 1060. The molecule has 0 spiro atoms. The van der Waals surface area contributed by atoms with Gasteiger partial charge in [0.1, 0.15) is 4.90 Å². The Labute approximate surface area is 187 Å². The molecule has 2 N–H and O–H groups in total. The lowest BCUT2D eigenvalue weighted by Crippen LogP contribution is -2.40. The standard InChI is InChI=1S/C22H24Cl2N2O3S/c1-13(19-11-14-2-3-15(19)10-14)25-22(27)16-4-9-20(24)21(12-16)30(28,29)26-18-7-5-17(23)6-8-18/h4-9,12-15,19,26H,2-3,10-11H2,1H3,(H,25,27)/t13-,14-,15-,19+/m1/s1. The van der Waals surface area contributed by atoms with Crippen LogP contribution in [0.4, 0.5) is 5.69 Å². The average Bonchev–Trinajstić information content (AvgIpc) is 3.33. The van der Waals surface area contributed by atoms with E-state index in [1.807, 2.05) is 6.92 Å². The van der Waals surface area contributed by atoms with E-state index in [9.17, 15) is 13.2 Å². The lowest BCUT2D eigenvalue weighted by Gasteiger charge is -2.28. The van der Waals surface area contributed by atoms with Gasteiger partial charge < -0.3 is 5.32 Å². The molecule has 2 aromatic rings. The molecule has 2 saturated carbocycles. The van der Waals surface area contributed by atoms with Crippen LogP contribution in [0.25, 0.3) is 0 Å². The zero-order valence-electron chi connectivity index (χ0n) is 16.6. The number of rotatable bonds is 6. The second kappa shape index (κ2) is 8.40. The van der Waals surface area contributed by atoms with Gasteiger partial charge >= 0.3 is 0 Å². The predicted octanol–water partition coefficient (Wildman–Crippen LogP) is 5.35. The summed E-state index contributed by atoms with van der Waals surface area (Å²) in [6.07, 6.45) is 4.98. The molecule has 0 aromatic heterocycles. The molecule has 4 rings (SSSR count). The fraction of sp³-hybridized carbons (Fsp3) is 0.409. The van der Waals surface area contributed by atoms with Crippen molar-refractivity contribution in [2.24, 2.45) is 17.8 Å². The SMILES string of the molecule is C[C@@H](NC(=O)c1ccc(Cl)c(S(=O)(=O)Nc2ccc(Cl)cc2)c1)[C@@H]1C[C@@H]2CC[C@@H]1C2. The first kappa shape index (κ1) is 21.5. The molecule has 5 nitrogen and oxygen atoms in total. The van der Waals surface area contributed by atoms with Gasteiger partial charge in [-0.1, -0.05) is 29.6 Å². The summed E-state index contributed by atoms with van der Waals surface area (Å²) in [5, 5.41) is 3.61. The maximum absolute atomic E-state index is 12.8. The largest absolute Gasteiger partial charge is 0.349 e. The Balaban J connectivity index is 1.50. The van der Waals surface area contributed by atoms with Crippen LogP contribution < -0.4 is 10.0 Å². The maximum atomic E-state index is 12.8. The summed E-state index contributed by atoms with van der Waals surface area (Å²) in [5.41, 5.74) is 0.626. The lowest BCUT2D eigenvalue weighted by molar-refractivity contribution is 0.0915. The molecule has 0 radical (unpaired) electrons. The van der Waals surface area contributed by atoms with Crippen LogP contribution in [0, 0.1) is 17.8 Å². The number of carbonyl (C=O) groups excluding carboxylic acids is 1. The van der Waals surface area contributed by atoms with E-state index in [0.29, 0.717) is 22.5 Å². The summed E-state index contributed by atoms with van der Waals surface area (Å²) in [4.78, 5) is 12.7. The molecule has 2 fully saturated rings. The van der Waals surface area contributed by atoms with Crippen LogP contribution in [0.5, 0.6) is 0 Å². The minimum Gasteiger partial charge on any atom is -0.349 e. The quantitative estimate of drug-likeness (QED) is 0.602. The molecule has 2 aromatic carbocycles. The number of halogens is 2. The van der Waals surface area contributed by atoms with Gasteiger partial charge in [-0.3, -0.25) is 9.52 Å². The van der Waals surface area contributed by atoms with E-state index >= 15 is 0 Å². The van der Waals surface area contributed by atoms with Gasteiger partial charge in [0.15, 0.2) is 0 Å². The third kappa shape index (κ3) is 4.46. The highest BCUT2D eigenvalue weighted by atomic mass is 35.5. The van der Waals surface area contributed by atoms with Crippen molar-refractivity contribution in [2.75, 3.05) is 4.72 Å². The van der Waals surface area contributed by atoms with Crippen LogP contribution in [-0.2, 0) is 10.0 Å². The second-order valence-corrected chi connectivity index (χ2v) is 10.9. The van der Waals surface area contributed by atoms with Gasteiger partial charge in [-0.15, -0.1) is 0 Å². The lowest BCUT2D eigenvalue weighted by atomic mass is 9.84. The number of benzene rings is 2. The van der Waals surface area contributed by atoms with Crippen molar-refractivity contribution >= 4 is 44.8 Å². The van der Waals surface area contributed by atoms with Crippen molar-refractivity contribution in [3.8, 4) is 0 Å². The molecule has 8 heteroatoms. The van der Waals surface area contributed by atoms with Crippen molar-refractivity contribution in [1.29, 1.82) is 0 Å². The monoisotopic (exact) mass is 466 g/mol. The van der Waals surface area contributed by atoms with Crippen LogP contribution in [0.3, 0.4) is 0 Å². The van der Waals surface area contributed by atoms with Crippen LogP contribution in [0.2, 0.25) is 10.0 Å². The predicted molar refractivity (Wildman–Crippen MR) is 120 cm³/mol. The van der Waals surface area contributed by atoms with E-state index in [-0.39, 0.29) is 27.4 Å². The van der Waals surface area contributed by atoms with Crippen molar-refractivity contribution in [3.05, 3.63) is 58.1 Å². The Morgan fingerprint density at radius 2 is 1.80 bits per heavy atom. The fourth-order valence-electron chi connectivity index (χ4n) is 4.88. The molecule has 0 saturated heterocycles. The van der Waals surface area contributed by atoms with Gasteiger partial charge in [-0.05, 0) is 86.4 Å². The number of fused-ring (bicyclic) bond motifs is 2. The van der Waals surface area contributed by atoms with Gasteiger partial charge in [0, 0.05) is 22.3 Å². The molecule has 0 unspecified atom stereocenters. The first-order valence-electron chi connectivity index (χ1n) is 10.1. The molecule has 0 heterocycles. The van der Waals surface area contributed by atoms with Gasteiger partial charge in [-0.25, -0.2) is 8.42 Å². The third-order valence-electron chi connectivity index (χ3n) is 6.37. The third-order valence-corrected chi connectivity index (χ3v) is 8.49. The fourth-order valence-corrected chi connectivity index (χ4v) is 6.59. The number of hydrogen-bond donors (Lipinski definition) is 2. The van der Waals surface area contributed by atoms with Crippen molar-refractivity contribution < 1.29 is 13.2 Å². The topological polar surface area (TPSA) is 75.3 Å². The summed E-state index contributed by atoms with van der Waals surface area (Å²) in [7, 11) is -3.97. The number of nitrogens with one attached hydrogen (secondary N) is 2. The minimum absolute atomic E-state index is 0.0502. The highest BCUT2D eigenvalue weighted by molar-refractivity contribution is 7.92. The van der Waals surface area contributed by atoms with Gasteiger partial charge in [0.05, 0.1) is 5.02 Å². The molecule has 160 valence electrons. The number of amides is 1. The van der Waals surface area contributed by atoms with E-state index in [1.165, 1.54) is 31.4 Å². The van der Waals surface area contributed by atoms with E-state index in [2.05, 4.69) is 10.0 Å². The first-order chi connectivity index (χ1) is 14.2. The Morgan fingerprint density at radius 3 is 2.43 bits per heavy atom. The maximum Gasteiger partial charge on any atom is 0.263 e. The van der Waals surface area contributed by atoms with Crippen molar-refractivity contribution in [2.45, 2.75) is 43.5 Å². The Morgan fingerprint density at radius 1 is 1.07 bits per heavy atom. The molecule has 1 amide bonds. The molecular formula is C22H24Cl2N2O3S. The van der Waals surface area contributed by atoms with Crippen LogP contribution in [0.1, 0.15) is 43.0 Å². The van der Waals surface area contributed by atoms with Gasteiger partial charge in [-0.2, -0.15) is 0 Å². The summed E-state index contributed by atoms with van der Waals surface area (Å²) in [6.45, 7) is 2.04. The highest BCUT2D eigenvalue weighted by Crippen LogP contribution is 2.49. The number of carbonyl (C=O) groups is 1. The van der Waals surface area contributed by atoms with Crippen LogP contribution >= 0.6 is 23.2 Å². The summed E-state index contributed by atoms with van der Waals surface area (Å²) < 4.78 is 28.1. The summed E-state index contributed by atoms with van der Waals surface area (Å²) in [6, 6.07) is 10.6. The zero-order chi connectivity index (χ0) is 21.5. The highest BCUT2D eigenvalue weighted by Gasteiger charge is 2.42. The van der Waals surface area contributed by atoms with Gasteiger partial charge in [0.2, 0.25) is 0 Å². The number of hydrogen-bond acceptors (Lipinski definition) is 3. The van der Waals surface area contributed by atoms with E-state index < -0.39 is 10.0 Å². The zero-order valence-corrected chi connectivity index (χ0v) is 18.9. The van der Waals surface area contributed by atoms with E-state index in [4.69, 9.17) is 23.2 Å². The molecule has 0 aliphatic heterocycles. The average molecular weight is 467 g/mol. The Hall–Kier alpha value is -1.76. The molecule has 2 aliphatic carbocycles. The minimum atomic E-state index is -3.97.